The van der Waals surface area contributed by atoms with Crippen molar-refractivity contribution in [3.63, 3.8) is 0 Å². The van der Waals surface area contributed by atoms with E-state index in [-0.39, 0.29) is 0 Å². The largest absolute Gasteiger partial charge is 0.389 e. The molecule has 0 aliphatic rings. The number of nitrogens with zero attached hydrogens (tertiary/aromatic N) is 3. The maximum atomic E-state index is 9.78. The second-order valence-corrected chi connectivity index (χ2v) is 5.67. The number of hydrogen-bond donors (Lipinski definition) is 1. The molecule has 0 saturated heterocycles. The van der Waals surface area contributed by atoms with Crippen LogP contribution in [0.5, 0.6) is 0 Å². The highest BCUT2D eigenvalue weighted by Crippen LogP contribution is 2.21. The second kappa shape index (κ2) is 4.12. The van der Waals surface area contributed by atoms with Crippen molar-refractivity contribution < 1.29 is 5.11 Å². The quantitative estimate of drug-likeness (QED) is 0.668. The fraction of sp³-hybridized carbons (Fsp3) is 0.400. The van der Waals surface area contributed by atoms with Crippen molar-refractivity contribution in [3.8, 4) is 0 Å². The SMILES string of the molecule is CC(C)(O)Cn1nc(I)c2nc(Cl)ccc21. The van der Waals surface area contributed by atoms with Gasteiger partial charge in [0.1, 0.15) is 14.4 Å². The molecule has 0 saturated carbocycles. The molecule has 0 fully saturated rings. The number of hydrogen-bond acceptors (Lipinski definition) is 3. The molecule has 0 aromatic carbocycles. The standard InChI is InChI=1S/C10H11ClIN3O/c1-10(2,16)5-15-6-3-4-7(11)13-8(6)9(12)14-15/h3-4,16H,5H2,1-2H3. The average Bonchev–Trinajstić information content (AvgIpc) is 2.40. The van der Waals surface area contributed by atoms with Crippen molar-refractivity contribution in [2.75, 3.05) is 0 Å². The lowest BCUT2D eigenvalue weighted by Crippen LogP contribution is -2.26. The number of fused-ring (bicyclic) bond motifs is 1. The summed E-state index contributed by atoms with van der Waals surface area (Å²) in [4.78, 5) is 4.22. The zero-order chi connectivity index (χ0) is 11.9. The highest BCUT2D eigenvalue weighted by molar-refractivity contribution is 14.1. The monoisotopic (exact) mass is 351 g/mol. The third-order valence-electron chi connectivity index (χ3n) is 2.06. The first-order valence-electron chi connectivity index (χ1n) is 4.78. The van der Waals surface area contributed by atoms with Crippen LogP contribution in [-0.2, 0) is 6.54 Å². The Bertz CT molecular complexity index is 533. The van der Waals surface area contributed by atoms with Gasteiger partial charge in [0, 0.05) is 0 Å². The van der Waals surface area contributed by atoms with Gasteiger partial charge in [0.25, 0.3) is 0 Å². The van der Waals surface area contributed by atoms with Crippen LogP contribution < -0.4 is 0 Å². The normalized spacial score (nSPS) is 12.3. The molecule has 2 aromatic heterocycles. The van der Waals surface area contributed by atoms with Crippen molar-refractivity contribution in [2.45, 2.75) is 26.0 Å². The van der Waals surface area contributed by atoms with E-state index < -0.39 is 5.60 Å². The Labute approximate surface area is 112 Å². The van der Waals surface area contributed by atoms with Crippen LogP contribution in [0.3, 0.4) is 0 Å². The summed E-state index contributed by atoms with van der Waals surface area (Å²) in [7, 11) is 0. The predicted molar refractivity (Wildman–Crippen MR) is 71.6 cm³/mol. The summed E-state index contributed by atoms with van der Waals surface area (Å²) < 4.78 is 2.54. The molecule has 0 bridgehead atoms. The number of aromatic nitrogens is 3. The zero-order valence-electron chi connectivity index (χ0n) is 8.91. The second-order valence-electron chi connectivity index (χ2n) is 4.26. The van der Waals surface area contributed by atoms with E-state index in [9.17, 15) is 5.11 Å². The van der Waals surface area contributed by atoms with E-state index in [0.717, 1.165) is 14.7 Å². The molecule has 86 valence electrons. The summed E-state index contributed by atoms with van der Waals surface area (Å²) in [5.41, 5.74) is 0.857. The van der Waals surface area contributed by atoms with Gasteiger partial charge in [-0.05, 0) is 48.6 Å². The van der Waals surface area contributed by atoms with Crippen LogP contribution in [0.4, 0.5) is 0 Å². The zero-order valence-corrected chi connectivity index (χ0v) is 11.8. The Morgan fingerprint density at radius 2 is 2.19 bits per heavy atom. The molecule has 0 aliphatic heterocycles. The smallest absolute Gasteiger partial charge is 0.149 e. The lowest BCUT2D eigenvalue weighted by molar-refractivity contribution is 0.0590. The molecular weight excluding hydrogens is 340 g/mol. The van der Waals surface area contributed by atoms with Crippen molar-refractivity contribution in [1.29, 1.82) is 0 Å². The maximum Gasteiger partial charge on any atom is 0.149 e. The molecule has 0 radical (unpaired) electrons. The Hall–Kier alpha value is -0.400. The Morgan fingerprint density at radius 3 is 2.81 bits per heavy atom. The summed E-state index contributed by atoms with van der Waals surface area (Å²) in [5, 5.41) is 14.6. The first kappa shape index (κ1) is 12.1. The van der Waals surface area contributed by atoms with Crippen molar-refractivity contribution in [3.05, 3.63) is 21.0 Å². The van der Waals surface area contributed by atoms with Gasteiger partial charge in [-0.3, -0.25) is 4.68 Å². The van der Waals surface area contributed by atoms with E-state index in [2.05, 4.69) is 32.7 Å². The summed E-state index contributed by atoms with van der Waals surface area (Å²) in [5.74, 6) is 0. The van der Waals surface area contributed by atoms with E-state index in [0.29, 0.717) is 11.7 Å². The number of aliphatic hydroxyl groups is 1. The van der Waals surface area contributed by atoms with Gasteiger partial charge in [0.05, 0.1) is 17.7 Å². The lowest BCUT2D eigenvalue weighted by atomic mass is 10.1. The third-order valence-corrected chi connectivity index (χ3v) is 3.00. The minimum Gasteiger partial charge on any atom is -0.389 e. The fourth-order valence-electron chi connectivity index (χ4n) is 1.48. The topological polar surface area (TPSA) is 50.9 Å². The third kappa shape index (κ3) is 2.46. The molecule has 2 aromatic rings. The first-order chi connectivity index (χ1) is 7.37. The van der Waals surface area contributed by atoms with E-state index in [4.69, 9.17) is 11.6 Å². The highest BCUT2D eigenvalue weighted by Gasteiger charge is 2.18. The molecular formula is C10H11ClIN3O. The molecule has 0 atom stereocenters. The Balaban J connectivity index is 2.55. The Kier molecular flexibility index (Phi) is 3.11. The van der Waals surface area contributed by atoms with E-state index in [1.807, 2.05) is 6.07 Å². The number of rotatable bonds is 2. The van der Waals surface area contributed by atoms with Crippen LogP contribution in [0.15, 0.2) is 12.1 Å². The van der Waals surface area contributed by atoms with Gasteiger partial charge in [-0.15, -0.1) is 0 Å². The van der Waals surface area contributed by atoms with Crippen LogP contribution in [0.2, 0.25) is 5.15 Å². The van der Waals surface area contributed by atoms with Crippen LogP contribution in [0.25, 0.3) is 11.0 Å². The summed E-state index contributed by atoms with van der Waals surface area (Å²) >= 11 is 7.94. The molecule has 0 aliphatic carbocycles. The van der Waals surface area contributed by atoms with Crippen LogP contribution in [0.1, 0.15) is 13.8 Å². The summed E-state index contributed by atoms with van der Waals surface area (Å²) in [6.45, 7) is 3.92. The average molecular weight is 352 g/mol. The van der Waals surface area contributed by atoms with Crippen molar-refractivity contribution in [1.82, 2.24) is 14.8 Å². The van der Waals surface area contributed by atoms with Gasteiger partial charge in [0.2, 0.25) is 0 Å². The van der Waals surface area contributed by atoms with Gasteiger partial charge in [-0.25, -0.2) is 4.98 Å². The number of halogens is 2. The summed E-state index contributed by atoms with van der Waals surface area (Å²) in [6.07, 6.45) is 0. The molecule has 0 unspecified atom stereocenters. The minimum atomic E-state index is -0.804. The molecule has 6 heteroatoms. The van der Waals surface area contributed by atoms with Crippen LogP contribution in [-0.4, -0.2) is 25.5 Å². The van der Waals surface area contributed by atoms with E-state index in [1.54, 1.807) is 24.6 Å². The van der Waals surface area contributed by atoms with Crippen molar-refractivity contribution in [2.24, 2.45) is 0 Å². The molecule has 0 spiro atoms. The van der Waals surface area contributed by atoms with Gasteiger partial charge in [-0.2, -0.15) is 5.10 Å². The van der Waals surface area contributed by atoms with E-state index >= 15 is 0 Å². The fourth-order valence-corrected chi connectivity index (χ4v) is 2.29. The molecule has 4 nitrogen and oxygen atoms in total. The first-order valence-corrected chi connectivity index (χ1v) is 6.23. The highest BCUT2D eigenvalue weighted by atomic mass is 127. The van der Waals surface area contributed by atoms with Gasteiger partial charge in [0.15, 0.2) is 0 Å². The van der Waals surface area contributed by atoms with Crippen LogP contribution in [0, 0.1) is 3.70 Å². The Morgan fingerprint density at radius 1 is 1.50 bits per heavy atom. The van der Waals surface area contributed by atoms with E-state index in [1.165, 1.54) is 0 Å². The minimum absolute atomic E-state index is 0.426. The van der Waals surface area contributed by atoms with Crippen molar-refractivity contribution >= 4 is 45.2 Å². The van der Waals surface area contributed by atoms with Crippen LogP contribution >= 0.6 is 34.2 Å². The number of pyridine rings is 1. The molecule has 1 N–H and O–H groups in total. The van der Waals surface area contributed by atoms with Gasteiger partial charge >= 0.3 is 0 Å². The lowest BCUT2D eigenvalue weighted by Gasteiger charge is -2.17. The predicted octanol–water partition coefficient (Wildman–Crippen LogP) is 2.46. The summed E-state index contributed by atoms with van der Waals surface area (Å²) in [6, 6.07) is 3.59. The molecule has 16 heavy (non-hydrogen) atoms. The molecule has 2 rings (SSSR count). The van der Waals surface area contributed by atoms with Gasteiger partial charge in [-0.1, -0.05) is 11.6 Å². The molecule has 2 heterocycles. The van der Waals surface area contributed by atoms with Gasteiger partial charge < -0.3 is 5.11 Å². The maximum absolute atomic E-state index is 9.78. The molecule has 0 amide bonds.